The standard InChI is InChI=1S/C45H25N5S/c1-2-14-26(15-3-1)40-39-29-18-6-7-19-30(29)43-46-33-22-10-12-24-35(33)50(43)44(39)48-45(47-40)49-34-23-11-8-20-31(34)37-27-16-4-5-17-28(27)38-32-21-9-13-25-36(32)51-42(38)41(37)49/h1-25H. The quantitative estimate of drug-likeness (QED) is 0.172. The third kappa shape index (κ3) is 3.56. The average molecular weight is 668 g/mol. The van der Waals surface area contributed by atoms with Crippen LogP contribution in [0.15, 0.2) is 152 Å². The number of hydrogen-bond donors (Lipinski definition) is 0. The van der Waals surface area contributed by atoms with Gasteiger partial charge in [-0.25, -0.2) is 9.97 Å². The van der Waals surface area contributed by atoms with E-state index in [-0.39, 0.29) is 0 Å². The SMILES string of the molecule is c1ccc(-c2nc(-n3c4ccccc4c4c5ccccc5c5c6ccccc6sc5c43)nc3c2c2ccccc2c2nc4ccccc4n23)cc1. The molecule has 12 aromatic rings. The van der Waals surface area contributed by atoms with Gasteiger partial charge in [0.1, 0.15) is 5.65 Å². The molecule has 5 heterocycles. The van der Waals surface area contributed by atoms with Gasteiger partial charge in [-0.05, 0) is 40.4 Å². The molecule has 236 valence electrons. The fourth-order valence-corrected chi connectivity index (χ4v) is 9.66. The molecule has 6 heteroatoms. The Kier molecular flexibility index (Phi) is 5.32. The lowest BCUT2D eigenvalue weighted by atomic mass is 9.99. The number of para-hydroxylation sites is 3. The Hall–Kier alpha value is -6.63. The third-order valence-electron chi connectivity index (χ3n) is 10.5. The summed E-state index contributed by atoms with van der Waals surface area (Å²) in [4.78, 5) is 16.4. The maximum absolute atomic E-state index is 5.62. The Balaban J connectivity index is 1.36. The van der Waals surface area contributed by atoms with Gasteiger partial charge in [0.25, 0.3) is 0 Å². The van der Waals surface area contributed by atoms with Crippen LogP contribution in [0.2, 0.25) is 0 Å². The highest BCUT2D eigenvalue weighted by molar-refractivity contribution is 7.27. The predicted octanol–water partition coefficient (Wildman–Crippen LogP) is 11.9. The summed E-state index contributed by atoms with van der Waals surface area (Å²) in [6.45, 7) is 0. The van der Waals surface area contributed by atoms with Crippen LogP contribution in [0.3, 0.4) is 0 Å². The lowest BCUT2D eigenvalue weighted by molar-refractivity contribution is 1.00. The first kappa shape index (κ1) is 27.2. The van der Waals surface area contributed by atoms with Crippen molar-refractivity contribution in [1.29, 1.82) is 0 Å². The molecule has 5 aromatic heterocycles. The van der Waals surface area contributed by atoms with Gasteiger partial charge in [-0.2, -0.15) is 4.98 Å². The zero-order chi connectivity index (χ0) is 33.2. The van der Waals surface area contributed by atoms with E-state index in [1.165, 1.54) is 41.7 Å². The topological polar surface area (TPSA) is 48.0 Å². The lowest BCUT2D eigenvalue weighted by Gasteiger charge is -2.15. The lowest BCUT2D eigenvalue weighted by Crippen LogP contribution is -2.06. The minimum absolute atomic E-state index is 0.635. The monoisotopic (exact) mass is 667 g/mol. The minimum atomic E-state index is 0.635. The summed E-state index contributed by atoms with van der Waals surface area (Å²) in [5, 5.41) is 10.6. The number of fused-ring (bicyclic) bond motifs is 18. The highest BCUT2D eigenvalue weighted by Gasteiger charge is 2.25. The van der Waals surface area contributed by atoms with Crippen molar-refractivity contribution in [1.82, 2.24) is 23.9 Å². The Labute approximate surface area is 294 Å². The number of imidazole rings is 1. The van der Waals surface area contributed by atoms with Gasteiger partial charge < -0.3 is 0 Å². The van der Waals surface area contributed by atoms with Crippen molar-refractivity contribution in [2.45, 2.75) is 0 Å². The van der Waals surface area contributed by atoms with Crippen molar-refractivity contribution in [2.24, 2.45) is 0 Å². The number of rotatable bonds is 2. The van der Waals surface area contributed by atoms with Crippen LogP contribution in [0.25, 0.3) is 108 Å². The number of aromatic nitrogens is 5. The van der Waals surface area contributed by atoms with E-state index in [1.54, 1.807) is 0 Å². The minimum Gasteiger partial charge on any atom is -0.276 e. The maximum Gasteiger partial charge on any atom is 0.237 e. The Morgan fingerprint density at radius 2 is 1.04 bits per heavy atom. The second-order valence-corrected chi connectivity index (χ2v) is 14.2. The molecule has 0 saturated carbocycles. The van der Waals surface area contributed by atoms with Gasteiger partial charge in [0, 0.05) is 37.2 Å². The molecule has 12 rings (SSSR count). The van der Waals surface area contributed by atoms with Crippen molar-refractivity contribution in [3.05, 3.63) is 152 Å². The highest BCUT2D eigenvalue weighted by atomic mass is 32.1. The smallest absolute Gasteiger partial charge is 0.237 e. The first-order valence-corrected chi connectivity index (χ1v) is 18.0. The van der Waals surface area contributed by atoms with Gasteiger partial charge >= 0.3 is 0 Å². The molecule has 5 nitrogen and oxygen atoms in total. The predicted molar refractivity (Wildman–Crippen MR) is 213 cm³/mol. The van der Waals surface area contributed by atoms with Gasteiger partial charge in [-0.1, -0.05) is 127 Å². The van der Waals surface area contributed by atoms with E-state index in [4.69, 9.17) is 15.0 Å². The van der Waals surface area contributed by atoms with Crippen molar-refractivity contribution in [3.63, 3.8) is 0 Å². The van der Waals surface area contributed by atoms with Crippen LogP contribution < -0.4 is 0 Å². The molecule has 51 heavy (non-hydrogen) atoms. The van der Waals surface area contributed by atoms with Crippen molar-refractivity contribution >= 4 is 103 Å². The van der Waals surface area contributed by atoms with E-state index in [0.29, 0.717) is 5.95 Å². The van der Waals surface area contributed by atoms with Crippen LogP contribution >= 0.6 is 11.3 Å². The molecule has 0 bridgehead atoms. The third-order valence-corrected chi connectivity index (χ3v) is 11.7. The van der Waals surface area contributed by atoms with E-state index in [2.05, 4.69) is 155 Å². The summed E-state index contributed by atoms with van der Waals surface area (Å²) in [7, 11) is 0. The van der Waals surface area contributed by atoms with E-state index in [0.717, 1.165) is 60.8 Å². The number of thiophene rings is 1. The molecule has 0 fully saturated rings. The van der Waals surface area contributed by atoms with Gasteiger partial charge in [0.2, 0.25) is 5.95 Å². The van der Waals surface area contributed by atoms with Crippen molar-refractivity contribution in [2.75, 3.05) is 0 Å². The number of pyridine rings is 1. The molecule has 0 N–H and O–H groups in total. The Morgan fingerprint density at radius 1 is 0.431 bits per heavy atom. The van der Waals surface area contributed by atoms with E-state index < -0.39 is 0 Å². The normalized spacial score (nSPS) is 12.3. The fourth-order valence-electron chi connectivity index (χ4n) is 8.40. The maximum atomic E-state index is 5.62. The molecule has 0 unspecified atom stereocenters. The summed E-state index contributed by atoms with van der Waals surface area (Å²) >= 11 is 1.85. The molecule has 0 aliphatic heterocycles. The summed E-state index contributed by atoms with van der Waals surface area (Å²) in [5.41, 5.74) is 7.83. The average Bonchev–Trinajstić information content (AvgIpc) is 3.89. The largest absolute Gasteiger partial charge is 0.276 e. The van der Waals surface area contributed by atoms with Crippen LogP contribution in [0.5, 0.6) is 0 Å². The molecule has 0 amide bonds. The molecule has 0 radical (unpaired) electrons. The van der Waals surface area contributed by atoms with E-state index in [9.17, 15) is 0 Å². The Bertz CT molecular complexity index is 3430. The molecular weight excluding hydrogens is 643 g/mol. The molecule has 0 aliphatic carbocycles. The molecular formula is C45H25N5S. The van der Waals surface area contributed by atoms with Crippen LogP contribution in [-0.2, 0) is 0 Å². The summed E-state index contributed by atoms with van der Waals surface area (Å²) in [5.74, 6) is 0.635. The zero-order valence-corrected chi connectivity index (χ0v) is 27.9. The van der Waals surface area contributed by atoms with E-state index in [1.807, 2.05) is 17.4 Å². The van der Waals surface area contributed by atoms with Gasteiger partial charge in [0.05, 0.1) is 37.8 Å². The summed E-state index contributed by atoms with van der Waals surface area (Å²) in [6, 6.07) is 53.7. The van der Waals surface area contributed by atoms with Crippen LogP contribution in [-0.4, -0.2) is 23.9 Å². The molecule has 7 aromatic carbocycles. The molecule has 0 atom stereocenters. The number of hydrogen-bond acceptors (Lipinski definition) is 4. The van der Waals surface area contributed by atoms with Crippen molar-refractivity contribution in [3.8, 4) is 17.2 Å². The van der Waals surface area contributed by atoms with Gasteiger partial charge in [-0.3, -0.25) is 8.97 Å². The van der Waals surface area contributed by atoms with Crippen LogP contribution in [0.1, 0.15) is 0 Å². The second-order valence-electron chi connectivity index (χ2n) is 13.2. The second kappa shape index (κ2) is 9.97. The van der Waals surface area contributed by atoms with E-state index >= 15 is 0 Å². The number of nitrogens with zero attached hydrogens (tertiary/aromatic N) is 5. The van der Waals surface area contributed by atoms with Crippen LogP contribution in [0, 0.1) is 0 Å². The van der Waals surface area contributed by atoms with Gasteiger partial charge in [0.15, 0.2) is 5.65 Å². The Morgan fingerprint density at radius 3 is 1.84 bits per heavy atom. The summed E-state index contributed by atoms with van der Waals surface area (Å²) in [6.07, 6.45) is 0. The van der Waals surface area contributed by atoms with Crippen molar-refractivity contribution < 1.29 is 0 Å². The molecule has 0 spiro atoms. The molecule has 0 saturated heterocycles. The first-order chi connectivity index (χ1) is 25.3. The first-order valence-electron chi connectivity index (χ1n) is 17.1. The fraction of sp³-hybridized carbons (Fsp3) is 0. The number of benzene rings is 7. The molecule has 0 aliphatic rings. The highest BCUT2D eigenvalue weighted by Crippen LogP contribution is 2.48. The van der Waals surface area contributed by atoms with Gasteiger partial charge in [-0.15, -0.1) is 11.3 Å². The summed E-state index contributed by atoms with van der Waals surface area (Å²) < 4.78 is 7.07. The zero-order valence-electron chi connectivity index (χ0n) is 27.1. The van der Waals surface area contributed by atoms with Crippen LogP contribution in [0.4, 0.5) is 0 Å².